The molecule has 1 aromatic carbocycles. The normalized spacial score (nSPS) is 17.1. The van der Waals surface area contributed by atoms with E-state index in [9.17, 15) is 0 Å². The minimum Gasteiger partial charge on any atom is -0.310 e. The topological polar surface area (TPSA) is 12.0 Å². The average Bonchev–Trinajstić information content (AvgIpc) is 2.80. The Morgan fingerprint density at radius 1 is 1.20 bits per heavy atom. The SMILES string of the molecule is CSc1ccc(CNC2CCCC2)cc1. The number of thioether (sulfide) groups is 1. The minimum absolute atomic E-state index is 0.769. The van der Waals surface area contributed by atoms with E-state index in [1.807, 2.05) is 0 Å². The van der Waals surface area contributed by atoms with Crippen LogP contribution in [0.15, 0.2) is 29.2 Å². The van der Waals surface area contributed by atoms with Gasteiger partial charge in [-0.2, -0.15) is 0 Å². The van der Waals surface area contributed by atoms with E-state index in [1.165, 1.54) is 36.1 Å². The summed E-state index contributed by atoms with van der Waals surface area (Å²) in [6.07, 6.45) is 7.66. The standard InChI is InChI=1S/C13H19NS/c1-15-13-8-6-11(7-9-13)10-14-12-4-2-3-5-12/h6-9,12,14H,2-5,10H2,1H3. The van der Waals surface area contributed by atoms with Crippen molar-refractivity contribution >= 4 is 11.8 Å². The van der Waals surface area contributed by atoms with Crippen molar-refractivity contribution in [1.82, 2.24) is 5.32 Å². The van der Waals surface area contributed by atoms with Crippen LogP contribution in [0.3, 0.4) is 0 Å². The Kier molecular flexibility index (Phi) is 4.09. The predicted octanol–water partition coefficient (Wildman–Crippen LogP) is 3.44. The molecule has 0 saturated heterocycles. The summed E-state index contributed by atoms with van der Waals surface area (Å²) < 4.78 is 0. The van der Waals surface area contributed by atoms with Gasteiger partial charge in [0, 0.05) is 17.5 Å². The molecule has 15 heavy (non-hydrogen) atoms. The highest BCUT2D eigenvalue weighted by molar-refractivity contribution is 7.98. The summed E-state index contributed by atoms with van der Waals surface area (Å²) in [5.41, 5.74) is 1.40. The summed E-state index contributed by atoms with van der Waals surface area (Å²) in [5, 5.41) is 3.63. The summed E-state index contributed by atoms with van der Waals surface area (Å²) in [5.74, 6) is 0. The Morgan fingerprint density at radius 3 is 2.47 bits per heavy atom. The zero-order valence-electron chi connectivity index (χ0n) is 9.33. The molecule has 2 rings (SSSR count). The largest absolute Gasteiger partial charge is 0.310 e. The number of rotatable bonds is 4. The van der Waals surface area contributed by atoms with Crippen LogP contribution in [0.5, 0.6) is 0 Å². The Hall–Kier alpha value is -0.470. The molecule has 0 radical (unpaired) electrons. The average molecular weight is 221 g/mol. The molecule has 1 aliphatic carbocycles. The van der Waals surface area contributed by atoms with E-state index < -0.39 is 0 Å². The molecular formula is C13H19NS. The molecule has 0 unspecified atom stereocenters. The van der Waals surface area contributed by atoms with Crippen LogP contribution in [0, 0.1) is 0 Å². The smallest absolute Gasteiger partial charge is 0.0208 e. The van der Waals surface area contributed by atoms with Crippen molar-refractivity contribution in [3.05, 3.63) is 29.8 Å². The zero-order valence-corrected chi connectivity index (χ0v) is 10.1. The van der Waals surface area contributed by atoms with Gasteiger partial charge in [0.1, 0.15) is 0 Å². The quantitative estimate of drug-likeness (QED) is 0.782. The maximum atomic E-state index is 3.63. The Labute approximate surface area is 96.7 Å². The Balaban J connectivity index is 1.82. The highest BCUT2D eigenvalue weighted by Gasteiger charge is 2.13. The first-order valence-corrected chi connectivity index (χ1v) is 6.97. The van der Waals surface area contributed by atoms with Crippen molar-refractivity contribution in [2.24, 2.45) is 0 Å². The number of nitrogens with one attached hydrogen (secondary N) is 1. The van der Waals surface area contributed by atoms with Gasteiger partial charge < -0.3 is 5.32 Å². The molecule has 1 aromatic rings. The molecule has 2 heteroatoms. The lowest BCUT2D eigenvalue weighted by atomic mass is 10.2. The molecule has 0 amide bonds. The molecule has 0 spiro atoms. The lowest BCUT2D eigenvalue weighted by Gasteiger charge is -2.11. The van der Waals surface area contributed by atoms with Gasteiger partial charge in [-0.05, 0) is 36.8 Å². The summed E-state index contributed by atoms with van der Waals surface area (Å²) in [4.78, 5) is 1.35. The Morgan fingerprint density at radius 2 is 1.87 bits per heavy atom. The van der Waals surface area contributed by atoms with E-state index in [1.54, 1.807) is 11.8 Å². The predicted molar refractivity (Wildman–Crippen MR) is 67.3 cm³/mol. The molecule has 0 atom stereocenters. The monoisotopic (exact) mass is 221 g/mol. The second-order valence-electron chi connectivity index (χ2n) is 4.21. The van der Waals surface area contributed by atoms with Gasteiger partial charge in [-0.1, -0.05) is 25.0 Å². The molecule has 1 aliphatic rings. The molecule has 1 nitrogen and oxygen atoms in total. The van der Waals surface area contributed by atoms with E-state index in [0.29, 0.717) is 0 Å². The van der Waals surface area contributed by atoms with Crippen molar-refractivity contribution in [2.75, 3.05) is 6.26 Å². The first-order chi connectivity index (χ1) is 7.38. The maximum absolute atomic E-state index is 3.63. The maximum Gasteiger partial charge on any atom is 0.0208 e. The van der Waals surface area contributed by atoms with Crippen LogP contribution < -0.4 is 5.32 Å². The first kappa shape index (κ1) is 11.0. The van der Waals surface area contributed by atoms with E-state index >= 15 is 0 Å². The van der Waals surface area contributed by atoms with Crippen molar-refractivity contribution in [2.45, 2.75) is 43.2 Å². The number of hydrogen-bond acceptors (Lipinski definition) is 2. The van der Waals surface area contributed by atoms with Crippen LogP contribution in [0.25, 0.3) is 0 Å². The number of hydrogen-bond donors (Lipinski definition) is 1. The molecule has 0 bridgehead atoms. The third-order valence-corrected chi connectivity index (χ3v) is 3.85. The zero-order chi connectivity index (χ0) is 10.5. The lowest BCUT2D eigenvalue weighted by molar-refractivity contribution is 0.524. The van der Waals surface area contributed by atoms with Crippen molar-refractivity contribution in [3.63, 3.8) is 0 Å². The van der Waals surface area contributed by atoms with Gasteiger partial charge in [-0.25, -0.2) is 0 Å². The molecular weight excluding hydrogens is 202 g/mol. The van der Waals surface area contributed by atoms with E-state index in [2.05, 4.69) is 35.8 Å². The molecule has 1 fully saturated rings. The van der Waals surface area contributed by atoms with Gasteiger partial charge in [0.15, 0.2) is 0 Å². The van der Waals surface area contributed by atoms with Crippen molar-refractivity contribution in [3.8, 4) is 0 Å². The van der Waals surface area contributed by atoms with Crippen molar-refractivity contribution < 1.29 is 0 Å². The molecule has 0 aliphatic heterocycles. The van der Waals surface area contributed by atoms with Crippen LogP contribution in [0.4, 0.5) is 0 Å². The summed E-state index contributed by atoms with van der Waals surface area (Å²) in [6.45, 7) is 1.03. The molecule has 1 N–H and O–H groups in total. The summed E-state index contributed by atoms with van der Waals surface area (Å²) >= 11 is 1.80. The molecule has 0 heterocycles. The second kappa shape index (κ2) is 5.57. The fourth-order valence-corrected chi connectivity index (χ4v) is 2.54. The van der Waals surface area contributed by atoms with Gasteiger partial charge in [0.25, 0.3) is 0 Å². The summed E-state index contributed by atoms with van der Waals surface area (Å²) in [6, 6.07) is 9.64. The fourth-order valence-electron chi connectivity index (χ4n) is 2.14. The summed E-state index contributed by atoms with van der Waals surface area (Å²) in [7, 11) is 0. The van der Waals surface area contributed by atoms with Gasteiger partial charge in [0.05, 0.1) is 0 Å². The van der Waals surface area contributed by atoms with Gasteiger partial charge >= 0.3 is 0 Å². The van der Waals surface area contributed by atoms with Crippen LogP contribution >= 0.6 is 11.8 Å². The van der Waals surface area contributed by atoms with Crippen LogP contribution in [-0.2, 0) is 6.54 Å². The van der Waals surface area contributed by atoms with E-state index in [-0.39, 0.29) is 0 Å². The van der Waals surface area contributed by atoms with Crippen molar-refractivity contribution in [1.29, 1.82) is 0 Å². The van der Waals surface area contributed by atoms with Gasteiger partial charge in [-0.15, -0.1) is 11.8 Å². The van der Waals surface area contributed by atoms with Crippen LogP contribution in [0.2, 0.25) is 0 Å². The minimum atomic E-state index is 0.769. The molecule has 0 aromatic heterocycles. The van der Waals surface area contributed by atoms with E-state index in [0.717, 1.165) is 12.6 Å². The molecule has 1 saturated carbocycles. The Bertz CT molecular complexity index is 288. The fraction of sp³-hybridized carbons (Fsp3) is 0.538. The molecule has 82 valence electrons. The third-order valence-electron chi connectivity index (χ3n) is 3.11. The number of benzene rings is 1. The van der Waals surface area contributed by atoms with Crippen LogP contribution in [0.1, 0.15) is 31.2 Å². The lowest BCUT2D eigenvalue weighted by Crippen LogP contribution is -2.25. The highest BCUT2D eigenvalue weighted by atomic mass is 32.2. The first-order valence-electron chi connectivity index (χ1n) is 5.75. The van der Waals surface area contributed by atoms with Crippen LogP contribution in [-0.4, -0.2) is 12.3 Å². The highest BCUT2D eigenvalue weighted by Crippen LogP contribution is 2.19. The second-order valence-corrected chi connectivity index (χ2v) is 5.09. The van der Waals surface area contributed by atoms with E-state index in [4.69, 9.17) is 0 Å². The van der Waals surface area contributed by atoms with Gasteiger partial charge in [0.2, 0.25) is 0 Å². The third kappa shape index (κ3) is 3.25. The van der Waals surface area contributed by atoms with Gasteiger partial charge in [-0.3, -0.25) is 0 Å².